The van der Waals surface area contributed by atoms with E-state index in [4.69, 9.17) is 9.47 Å². The molecule has 0 heterocycles. The van der Waals surface area contributed by atoms with Crippen LogP contribution in [0.5, 0.6) is 0 Å². The third-order valence-corrected chi connectivity index (χ3v) is 4.43. The van der Waals surface area contributed by atoms with Crippen molar-refractivity contribution in [2.45, 2.75) is 24.9 Å². The van der Waals surface area contributed by atoms with Crippen LogP contribution in [-0.2, 0) is 23.9 Å². The van der Waals surface area contributed by atoms with E-state index in [9.17, 15) is 23.9 Å². The Morgan fingerprint density at radius 1 is 1.17 bits per heavy atom. The van der Waals surface area contributed by atoms with E-state index in [1.807, 2.05) is 0 Å². The molecule has 1 aliphatic carbocycles. The fraction of sp³-hybridized carbons (Fsp3) is 0.471. The molecule has 1 N–H and O–H groups in total. The number of ether oxygens (including phenoxy) is 2. The highest BCUT2D eigenvalue weighted by atomic mass is 19.1. The maximum atomic E-state index is 13.2. The van der Waals surface area contributed by atoms with Gasteiger partial charge in [-0.15, -0.1) is 0 Å². The molecule has 4 atom stereocenters. The molecule has 0 aliphatic heterocycles. The zero-order valence-corrected chi connectivity index (χ0v) is 13.6. The maximum Gasteiger partial charge on any atom is 0.316 e. The minimum Gasteiger partial charge on any atom is -0.469 e. The zero-order chi connectivity index (χ0) is 18.1. The van der Waals surface area contributed by atoms with Gasteiger partial charge in [0, 0.05) is 12.3 Å². The van der Waals surface area contributed by atoms with Gasteiger partial charge in [-0.25, -0.2) is 4.39 Å². The summed E-state index contributed by atoms with van der Waals surface area (Å²) in [6.45, 7) is 1.34. The van der Waals surface area contributed by atoms with E-state index in [1.54, 1.807) is 0 Å². The van der Waals surface area contributed by atoms with Crippen LogP contribution in [0.1, 0.15) is 24.8 Å². The molecule has 1 aliphatic rings. The number of methoxy groups -OCH3 is 2. The lowest BCUT2D eigenvalue weighted by molar-refractivity contribution is -0.170. The number of carbonyl (C=O) groups is 3. The lowest BCUT2D eigenvalue weighted by atomic mass is 9.62. The maximum absolute atomic E-state index is 13.2. The highest BCUT2D eigenvalue weighted by Gasteiger charge is 2.56. The molecule has 6 nitrogen and oxygen atoms in total. The molecular weight excluding hydrogens is 319 g/mol. The Hall–Kier alpha value is -2.28. The van der Waals surface area contributed by atoms with Gasteiger partial charge in [0.2, 0.25) is 0 Å². The molecule has 0 spiro atoms. The summed E-state index contributed by atoms with van der Waals surface area (Å²) in [5, 5.41) is 10.6. The van der Waals surface area contributed by atoms with Crippen LogP contribution in [0.3, 0.4) is 0 Å². The summed E-state index contributed by atoms with van der Waals surface area (Å²) in [4.78, 5) is 36.9. The molecule has 1 saturated carbocycles. The third-order valence-electron chi connectivity index (χ3n) is 4.43. The van der Waals surface area contributed by atoms with E-state index < -0.39 is 46.9 Å². The summed E-state index contributed by atoms with van der Waals surface area (Å²) in [5.74, 6) is -6.06. The molecule has 0 bridgehead atoms. The number of Topliss-reactive ketones (excluding diaryl/α,β-unsaturated/α-hetero) is 1. The SMILES string of the molecule is COC(=O)[C@H]1C(=O)C[C@@](C)(O)[C@H](C(=O)OC)[C@H]1c1ccc(F)cc1. The fourth-order valence-corrected chi connectivity index (χ4v) is 3.35. The van der Waals surface area contributed by atoms with Gasteiger partial charge in [-0.05, 0) is 24.6 Å². The summed E-state index contributed by atoms with van der Waals surface area (Å²) in [6.07, 6.45) is -0.385. The summed E-state index contributed by atoms with van der Waals surface area (Å²) < 4.78 is 22.7. The van der Waals surface area contributed by atoms with Crippen molar-refractivity contribution >= 4 is 17.7 Å². The Balaban J connectivity index is 2.63. The second-order valence-corrected chi connectivity index (χ2v) is 6.08. The number of hydrogen-bond acceptors (Lipinski definition) is 6. The van der Waals surface area contributed by atoms with Gasteiger partial charge in [-0.1, -0.05) is 12.1 Å². The lowest BCUT2D eigenvalue weighted by Gasteiger charge is -2.43. The van der Waals surface area contributed by atoms with Crippen LogP contribution in [0.15, 0.2) is 24.3 Å². The van der Waals surface area contributed by atoms with E-state index in [-0.39, 0.29) is 6.42 Å². The minimum atomic E-state index is -1.70. The number of carbonyl (C=O) groups excluding carboxylic acids is 3. The lowest BCUT2D eigenvalue weighted by Crippen LogP contribution is -2.55. The highest BCUT2D eigenvalue weighted by molar-refractivity contribution is 6.02. The predicted molar refractivity (Wildman–Crippen MR) is 80.4 cm³/mol. The van der Waals surface area contributed by atoms with Gasteiger partial charge >= 0.3 is 11.9 Å². The molecule has 2 rings (SSSR count). The van der Waals surface area contributed by atoms with Gasteiger partial charge in [-0.2, -0.15) is 0 Å². The smallest absolute Gasteiger partial charge is 0.316 e. The molecule has 0 unspecified atom stereocenters. The first-order valence-corrected chi connectivity index (χ1v) is 7.39. The number of aliphatic hydroxyl groups is 1. The second-order valence-electron chi connectivity index (χ2n) is 6.08. The summed E-state index contributed by atoms with van der Waals surface area (Å²) in [7, 11) is 2.29. The van der Waals surface area contributed by atoms with Crippen LogP contribution in [-0.4, -0.2) is 42.6 Å². The number of benzene rings is 1. The predicted octanol–water partition coefficient (Wildman–Crippen LogP) is 1.21. The molecule has 130 valence electrons. The van der Waals surface area contributed by atoms with Crippen molar-refractivity contribution in [2.75, 3.05) is 14.2 Å². The van der Waals surface area contributed by atoms with E-state index in [1.165, 1.54) is 19.1 Å². The third kappa shape index (κ3) is 3.17. The number of hydrogen-bond donors (Lipinski definition) is 1. The van der Waals surface area contributed by atoms with Crippen molar-refractivity contribution in [1.29, 1.82) is 0 Å². The van der Waals surface area contributed by atoms with Gasteiger partial charge in [0.05, 0.1) is 25.7 Å². The van der Waals surface area contributed by atoms with Crippen LogP contribution in [0.2, 0.25) is 0 Å². The van der Waals surface area contributed by atoms with Crippen LogP contribution < -0.4 is 0 Å². The molecule has 1 aromatic rings. The summed E-state index contributed by atoms with van der Waals surface area (Å²) >= 11 is 0. The zero-order valence-electron chi connectivity index (χ0n) is 13.6. The molecule has 1 fully saturated rings. The van der Waals surface area contributed by atoms with Crippen molar-refractivity contribution in [3.05, 3.63) is 35.6 Å². The molecule has 0 radical (unpaired) electrons. The highest BCUT2D eigenvalue weighted by Crippen LogP contribution is 2.46. The molecule has 7 heteroatoms. The van der Waals surface area contributed by atoms with Crippen molar-refractivity contribution in [3.63, 3.8) is 0 Å². The molecule has 24 heavy (non-hydrogen) atoms. The molecule has 1 aromatic carbocycles. The average molecular weight is 338 g/mol. The quantitative estimate of drug-likeness (QED) is 0.658. The van der Waals surface area contributed by atoms with Gasteiger partial charge in [-0.3, -0.25) is 14.4 Å². The van der Waals surface area contributed by atoms with Gasteiger partial charge in [0.15, 0.2) is 5.78 Å². The van der Waals surface area contributed by atoms with E-state index in [0.717, 1.165) is 26.4 Å². The molecule has 0 amide bonds. The van der Waals surface area contributed by atoms with Crippen molar-refractivity contribution in [2.24, 2.45) is 11.8 Å². The Bertz CT molecular complexity index is 652. The Kier molecular flexibility index (Phi) is 5.03. The van der Waals surface area contributed by atoms with Crippen LogP contribution in [0.4, 0.5) is 4.39 Å². The number of rotatable bonds is 3. The van der Waals surface area contributed by atoms with E-state index in [2.05, 4.69) is 0 Å². The largest absolute Gasteiger partial charge is 0.469 e. The first kappa shape index (κ1) is 18.1. The first-order chi connectivity index (χ1) is 11.2. The summed E-state index contributed by atoms with van der Waals surface area (Å²) in [5.41, 5.74) is -1.33. The van der Waals surface area contributed by atoms with Crippen LogP contribution in [0.25, 0.3) is 0 Å². The first-order valence-electron chi connectivity index (χ1n) is 7.39. The number of ketones is 1. The van der Waals surface area contributed by atoms with Gasteiger partial charge < -0.3 is 14.6 Å². The van der Waals surface area contributed by atoms with E-state index in [0.29, 0.717) is 5.56 Å². The fourth-order valence-electron chi connectivity index (χ4n) is 3.35. The van der Waals surface area contributed by atoms with Crippen molar-refractivity contribution in [3.8, 4) is 0 Å². The van der Waals surface area contributed by atoms with Crippen LogP contribution in [0, 0.1) is 17.7 Å². The monoisotopic (exact) mass is 338 g/mol. The normalized spacial score (nSPS) is 29.9. The Morgan fingerprint density at radius 2 is 1.71 bits per heavy atom. The van der Waals surface area contributed by atoms with Crippen LogP contribution >= 0.6 is 0 Å². The second kappa shape index (κ2) is 6.68. The van der Waals surface area contributed by atoms with Gasteiger partial charge in [0.1, 0.15) is 11.7 Å². The number of halogens is 1. The topological polar surface area (TPSA) is 89.9 Å². The van der Waals surface area contributed by atoms with Crippen molar-refractivity contribution in [1.82, 2.24) is 0 Å². The molecule has 0 saturated heterocycles. The minimum absolute atomic E-state index is 0.371. The van der Waals surface area contributed by atoms with Gasteiger partial charge in [0.25, 0.3) is 0 Å². The Labute approximate surface area is 138 Å². The van der Waals surface area contributed by atoms with E-state index >= 15 is 0 Å². The average Bonchev–Trinajstić information content (AvgIpc) is 2.53. The number of esters is 2. The standard InChI is InChI=1S/C17H19FO6/c1-17(22)8-11(19)13(15(20)23-2)12(14(17)16(21)24-3)9-4-6-10(18)7-5-9/h4-7,12-14,22H,8H2,1-3H3/t12-,13-,14-,17+/m0/s1. The Morgan fingerprint density at radius 3 is 2.21 bits per heavy atom. The molecular formula is C17H19FO6. The molecule has 0 aromatic heterocycles. The van der Waals surface area contributed by atoms with Crippen molar-refractivity contribution < 1.29 is 33.4 Å². The summed E-state index contributed by atoms with van der Waals surface area (Å²) in [6, 6.07) is 5.07.